The van der Waals surface area contributed by atoms with E-state index in [9.17, 15) is 9.18 Å². The van der Waals surface area contributed by atoms with Crippen molar-refractivity contribution >= 4 is 17.6 Å². The number of carboxylic acid groups (broad SMARTS) is 1. The van der Waals surface area contributed by atoms with Gasteiger partial charge in [-0.05, 0) is 18.6 Å². The first-order valence-corrected chi connectivity index (χ1v) is 5.67. The molecular formula is C12H10ClFN2O2. The molecular weight excluding hydrogens is 259 g/mol. The van der Waals surface area contributed by atoms with Crippen molar-refractivity contribution in [3.05, 3.63) is 46.8 Å². The highest BCUT2D eigenvalue weighted by molar-refractivity contribution is 6.30. The van der Waals surface area contributed by atoms with E-state index in [1.165, 1.54) is 23.2 Å². The van der Waals surface area contributed by atoms with Crippen LogP contribution < -0.4 is 0 Å². The molecule has 0 aliphatic heterocycles. The van der Waals surface area contributed by atoms with Gasteiger partial charge in [0.15, 0.2) is 5.69 Å². The maximum absolute atomic E-state index is 13.8. The molecule has 6 heteroatoms. The Kier molecular flexibility index (Phi) is 3.34. The van der Waals surface area contributed by atoms with E-state index in [0.717, 1.165) is 0 Å². The fourth-order valence-corrected chi connectivity index (χ4v) is 1.90. The molecule has 2 aromatic rings. The van der Waals surface area contributed by atoms with Crippen molar-refractivity contribution in [1.29, 1.82) is 0 Å². The first kappa shape index (κ1) is 12.6. The Balaban J connectivity index is 2.56. The topological polar surface area (TPSA) is 55.1 Å². The molecule has 2 rings (SSSR count). The van der Waals surface area contributed by atoms with Gasteiger partial charge in [0, 0.05) is 11.8 Å². The molecule has 1 N–H and O–H groups in total. The highest BCUT2D eigenvalue weighted by Gasteiger charge is 2.14. The van der Waals surface area contributed by atoms with Crippen LogP contribution in [0, 0.1) is 5.82 Å². The summed E-state index contributed by atoms with van der Waals surface area (Å²) < 4.78 is 15.3. The lowest BCUT2D eigenvalue weighted by molar-refractivity contribution is 0.0691. The molecule has 94 valence electrons. The van der Waals surface area contributed by atoms with Gasteiger partial charge in [0.05, 0.1) is 10.7 Å². The van der Waals surface area contributed by atoms with Crippen molar-refractivity contribution in [3.8, 4) is 5.69 Å². The molecule has 0 radical (unpaired) electrons. The number of nitrogens with zero attached hydrogens (tertiary/aromatic N) is 2. The quantitative estimate of drug-likeness (QED) is 0.931. The molecule has 0 spiro atoms. The Labute approximate surface area is 108 Å². The number of halogens is 2. The molecule has 1 aromatic carbocycles. The van der Waals surface area contributed by atoms with Gasteiger partial charge < -0.3 is 9.67 Å². The SMILES string of the molecule is CCc1c(-n2cnc(C(=O)O)c2)ccc(Cl)c1F. The van der Waals surface area contributed by atoms with E-state index in [-0.39, 0.29) is 10.7 Å². The molecule has 1 heterocycles. The maximum atomic E-state index is 13.8. The monoisotopic (exact) mass is 268 g/mol. The lowest BCUT2D eigenvalue weighted by atomic mass is 10.1. The summed E-state index contributed by atoms with van der Waals surface area (Å²) in [6.07, 6.45) is 3.12. The average molecular weight is 269 g/mol. The van der Waals surface area contributed by atoms with Crippen LogP contribution in [0.5, 0.6) is 0 Å². The zero-order valence-electron chi connectivity index (χ0n) is 9.52. The van der Waals surface area contributed by atoms with Gasteiger partial charge in [0.1, 0.15) is 12.1 Å². The summed E-state index contributed by atoms with van der Waals surface area (Å²) in [6.45, 7) is 1.80. The summed E-state index contributed by atoms with van der Waals surface area (Å²) in [6, 6.07) is 3.07. The molecule has 0 aliphatic carbocycles. The van der Waals surface area contributed by atoms with Crippen molar-refractivity contribution in [2.45, 2.75) is 13.3 Å². The fourth-order valence-electron chi connectivity index (χ4n) is 1.73. The molecule has 0 amide bonds. The van der Waals surface area contributed by atoms with Gasteiger partial charge in [-0.25, -0.2) is 14.2 Å². The maximum Gasteiger partial charge on any atom is 0.356 e. The molecule has 18 heavy (non-hydrogen) atoms. The van der Waals surface area contributed by atoms with Crippen LogP contribution in [0.2, 0.25) is 5.02 Å². The highest BCUT2D eigenvalue weighted by atomic mass is 35.5. The first-order valence-electron chi connectivity index (χ1n) is 5.29. The first-order chi connectivity index (χ1) is 8.54. The molecule has 0 fully saturated rings. The smallest absolute Gasteiger partial charge is 0.356 e. The lowest BCUT2D eigenvalue weighted by Gasteiger charge is -2.10. The van der Waals surface area contributed by atoms with E-state index in [0.29, 0.717) is 17.7 Å². The zero-order chi connectivity index (χ0) is 13.3. The number of carboxylic acids is 1. The van der Waals surface area contributed by atoms with Gasteiger partial charge in [0.2, 0.25) is 0 Å². The fraction of sp³-hybridized carbons (Fsp3) is 0.167. The van der Waals surface area contributed by atoms with E-state index in [2.05, 4.69) is 4.98 Å². The van der Waals surface area contributed by atoms with Crippen LogP contribution in [0.3, 0.4) is 0 Å². The molecule has 4 nitrogen and oxygen atoms in total. The predicted octanol–water partition coefficient (Wildman–Crippen LogP) is 2.93. The third-order valence-electron chi connectivity index (χ3n) is 2.60. The molecule has 0 bridgehead atoms. The minimum atomic E-state index is -1.12. The summed E-state index contributed by atoms with van der Waals surface area (Å²) in [5.74, 6) is -1.61. The summed E-state index contributed by atoms with van der Waals surface area (Å²) in [5.41, 5.74) is 0.878. The van der Waals surface area contributed by atoms with Gasteiger partial charge in [-0.3, -0.25) is 0 Å². The average Bonchev–Trinajstić information content (AvgIpc) is 2.82. The van der Waals surface area contributed by atoms with Crippen LogP contribution >= 0.6 is 11.6 Å². The summed E-state index contributed by atoms with van der Waals surface area (Å²) in [5, 5.41) is 8.85. The van der Waals surface area contributed by atoms with Crippen molar-refractivity contribution in [2.75, 3.05) is 0 Å². The van der Waals surface area contributed by atoms with Crippen LogP contribution in [0.25, 0.3) is 5.69 Å². The largest absolute Gasteiger partial charge is 0.476 e. The number of imidazole rings is 1. The van der Waals surface area contributed by atoms with Gasteiger partial charge in [-0.15, -0.1) is 0 Å². The normalized spacial score (nSPS) is 10.6. The Bertz CT molecular complexity index is 610. The Morgan fingerprint density at radius 3 is 2.83 bits per heavy atom. The Morgan fingerprint density at radius 1 is 1.56 bits per heavy atom. The van der Waals surface area contributed by atoms with Crippen LogP contribution in [0.15, 0.2) is 24.7 Å². The predicted molar refractivity (Wildman–Crippen MR) is 64.9 cm³/mol. The van der Waals surface area contributed by atoms with E-state index < -0.39 is 11.8 Å². The minimum absolute atomic E-state index is 0.0502. The lowest BCUT2D eigenvalue weighted by Crippen LogP contribution is -2.01. The van der Waals surface area contributed by atoms with Gasteiger partial charge in [-0.1, -0.05) is 18.5 Å². The number of hydrogen-bond donors (Lipinski definition) is 1. The Hall–Kier alpha value is -1.88. The van der Waals surface area contributed by atoms with Crippen molar-refractivity contribution < 1.29 is 14.3 Å². The second kappa shape index (κ2) is 4.78. The second-order valence-corrected chi connectivity index (χ2v) is 4.09. The molecule has 0 atom stereocenters. The van der Waals surface area contributed by atoms with Crippen molar-refractivity contribution in [3.63, 3.8) is 0 Å². The third kappa shape index (κ3) is 2.09. The van der Waals surface area contributed by atoms with Gasteiger partial charge >= 0.3 is 5.97 Å². The van der Waals surface area contributed by atoms with Gasteiger partial charge in [0.25, 0.3) is 0 Å². The van der Waals surface area contributed by atoms with E-state index >= 15 is 0 Å². The van der Waals surface area contributed by atoms with Crippen LogP contribution in [-0.2, 0) is 6.42 Å². The number of aromatic nitrogens is 2. The van der Waals surface area contributed by atoms with Crippen molar-refractivity contribution in [1.82, 2.24) is 9.55 Å². The number of carbonyl (C=O) groups is 1. The Morgan fingerprint density at radius 2 is 2.28 bits per heavy atom. The van der Waals surface area contributed by atoms with Crippen LogP contribution in [-0.4, -0.2) is 20.6 Å². The highest BCUT2D eigenvalue weighted by Crippen LogP contribution is 2.25. The van der Waals surface area contributed by atoms with E-state index in [1.54, 1.807) is 13.0 Å². The third-order valence-corrected chi connectivity index (χ3v) is 2.90. The number of rotatable bonds is 3. The standard InChI is InChI=1S/C12H10ClFN2O2/c1-2-7-10(4-3-8(13)11(7)14)16-5-9(12(17)18)15-6-16/h3-6H,2H2,1H3,(H,17,18). The molecule has 0 saturated heterocycles. The number of hydrogen-bond acceptors (Lipinski definition) is 2. The zero-order valence-corrected chi connectivity index (χ0v) is 10.3. The molecule has 0 unspecified atom stereocenters. The number of benzene rings is 1. The number of aromatic carboxylic acids is 1. The van der Waals surface area contributed by atoms with Crippen molar-refractivity contribution in [2.24, 2.45) is 0 Å². The summed E-state index contributed by atoms with van der Waals surface area (Å²) in [7, 11) is 0. The van der Waals surface area contributed by atoms with E-state index in [1.807, 2.05) is 0 Å². The molecule has 0 saturated carbocycles. The van der Waals surface area contributed by atoms with Crippen LogP contribution in [0.1, 0.15) is 23.0 Å². The van der Waals surface area contributed by atoms with E-state index in [4.69, 9.17) is 16.7 Å². The minimum Gasteiger partial charge on any atom is -0.476 e. The second-order valence-electron chi connectivity index (χ2n) is 3.68. The molecule has 1 aromatic heterocycles. The molecule has 0 aliphatic rings. The summed E-state index contributed by atoms with van der Waals surface area (Å²) >= 11 is 5.71. The van der Waals surface area contributed by atoms with Crippen LogP contribution in [0.4, 0.5) is 4.39 Å². The summed E-state index contributed by atoms with van der Waals surface area (Å²) in [4.78, 5) is 14.5. The van der Waals surface area contributed by atoms with Gasteiger partial charge in [-0.2, -0.15) is 0 Å².